The monoisotopic (exact) mass is 238 g/mol. The first-order chi connectivity index (χ1) is 7.91. The maximum absolute atomic E-state index is 11.7. The van der Waals surface area contributed by atoms with Crippen LogP contribution in [0.5, 0.6) is 0 Å². The topological polar surface area (TPSA) is 61.4 Å². The van der Waals surface area contributed by atoms with Crippen molar-refractivity contribution in [3.05, 3.63) is 24.4 Å². The van der Waals surface area contributed by atoms with Gasteiger partial charge in [-0.25, -0.2) is 0 Å². The number of nitrogens with one attached hydrogen (secondary N) is 2. The standard InChI is InChI=1S/C13H22N2O2/c1-13(2,3)11(16)7-9-15-12(17)10-6-4-5-8-14-10/h4-6,8,10-11,14,16H,7,9H2,1-3H3,(H,15,17)/t10-,11-/m0/s1. The smallest absolute Gasteiger partial charge is 0.246 e. The van der Waals surface area contributed by atoms with Crippen LogP contribution in [-0.2, 0) is 4.79 Å². The van der Waals surface area contributed by atoms with Gasteiger partial charge in [0.1, 0.15) is 6.04 Å². The first-order valence-electron chi connectivity index (χ1n) is 5.96. The zero-order chi connectivity index (χ0) is 12.9. The number of carbonyl (C=O) groups is 1. The molecule has 0 unspecified atom stereocenters. The Morgan fingerprint density at radius 2 is 2.18 bits per heavy atom. The van der Waals surface area contributed by atoms with Gasteiger partial charge in [0.15, 0.2) is 0 Å². The van der Waals surface area contributed by atoms with Gasteiger partial charge in [0.2, 0.25) is 5.91 Å². The van der Waals surface area contributed by atoms with Crippen LogP contribution in [-0.4, -0.2) is 29.7 Å². The summed E-state index contributed by atoms with van der Waals surface area (Å²) in [5.74, 6) is -0.0632. The molecule has 4 nitrogen and oxygen atoms in total. The van der Waals surface area contributed by atoms with E-state index in [0.717, 1.165) is 0 Å². The predicted octanol–water partition coefficient (Wildman–Crippen LogP) is 0.941. The Morgan fingerprint density at radius 1 is 1.47 bits per heavy atom. The lowest BCUT2D eigenvalue weighted by Crippen LogP contribution is -2.43. The Labute approximate surface area is 103 Å². The molecule has 1 heterocycles. The molecule has 0 spiro atoms. The SMILES string of the molecule is CC(C)(C)[C@@H](O)CCNC(=O)[C@@H]1C=CC=CN1. The van der Waals surface area contributed by atoms with Gasteiger partial charge in [-0.3, -0.25) is 4.79 Å². The van der Waals surface area contributed by atoms with Crippen molar-refractivity contribution in [2.75, 3.05) is 6.54 Å². The van der Waals surface area contributed by atoms with Gasteiger partial charge in [-0.15, -0.1) is 0 Å². The average molecular weight is 238 g/mol. The predicted molar refractivity (Wildman–Crippen MR) is 68.3 cm³/mol. The quantitative estimate of drug-likeness (QED) is 0.683. The molecular weight excluding hydrogens is 216 g/mol. The van der Waals surface area contributed by atoms with Crippen LogP contribution >= 0.6 is 0 Å². The van der Waals surface area contributed by atoms with Crippen LogP contribution in [0.15, 0.2) is 24.4 Å². The van der Waals surface area contributed by atoms with Crippen molar-refractivity contribution in [1.82, 2.24) is 10.6 Å². The van der Waals surface area contributed by atoms with Crippen molar-refractivity contribution >= 4 is 5.91 Å². The maximum Gasteiger partial charge on any atom is 0.246 e. The van der Waals surface area contributed by atoms with E-state index < -0.39 is 6.10 Å². The van der Waals surface area contributed by atoms with Crippen molar-refractivity contribution in [1.29, 1.82) is 0 Å². The molecule has 0 aliphatic carbocycles. The fourth-order valence-electron chi connectivity index (χ4n) is 1.48. The molecule has 0 aromatic rings. The summed E-state index contributed by atoms with van der Waals surface area (Å²) in [6.45, 7) is 6.44. The lowest BCUT2D eigenvalue weighted by atomic mass is 9.87. The summed E-state index contributed by atoms with van der Waals surface area (Å²) in [6.07, 6.45) is 7.39. The van der Waals surface area contributed by atoms with Gasteiger partial charge < -0.3 is 15.7 Å². The minimum Gasteiger partial charge on any atom is -0.393 e. The molecule has 4 heteroatoms. The number of hydrogen-bond acceptors (Lipinski definition) is 3. The Hall–Kier alpha value is -1.29. The molecule has 0 saturated carbocycles. The van der Waals surface area contributed by atoms with Crippen molar-refractivity contribution in [2.24, 2.45) is 5.41 Å². The second-order valence-electron chi connectivity index (χ2n) is 5.35. The summed E-state index contributed by atoms with van der Waals surface area (Å²) in [6, 6.07) is -0.299. The molecule has 2 atom stereocenters. The third-order valence-electron chi connectivity index (χ3n) is 2.79. The van der Waals surface area contributed by atoms with Crippen LogP contribution < -0.4 is 10.6 Å². The highest BCUT2D eigenvalue weighted by atomic mass is 16.3. The van der Waals surface area contributed by atoms with Crippen LogP contribution in [0.25, 0.3) is 0 Å². The molecule has 3 N–H and O–H groups in total. The molecule has 1 amide bonds. The highest BCUT2D eigenvalue weighted by molar-refractivity contribution is 5.84. The summed E-state index contributed by atoms with van der Waals surface area (Å²) >= 11 is 0. The molecule has 1 aliphatic rings. The molecule has 1 aliphatic heterocycles. The molecule has 1 rings (SSSR count). The van der Waals surface area contributed by atoms with Crippen molar-refractivity contribution in [3.63, 3.8) is 0 Å². The van der Waals surface area contributed by atoms with Crippen LogP contribution in [0.4, 0.5) is 0 Å². The highest BCUT2D eigenvalue weighted by Gasteiger charge is 2.22. The minimum absolute atomic E-state index is 0.0632. The highest BCUT2D eigenvalue weighted by Crippen LogP contribution is 2.20. The van der Waals surface area contributed by atoms with Crippen LogP contribution in [0.1, 0.15) is 27.2 Å². The Morgan fingerprint density at radius 3 is 2.71 bits per heavy atom. The van der Waals surface area contributed by atoms with E-state index in [1.807, 2.05) is 32.9 Å². The normalized spacial score (nSPS) is 20.8. The van der Waals surface area contributed by atoms with E-state index in [9.17, 15) is 9.90 Å². The zero-order valence-corrected chi connectivity index (χ0v) is 10.7. The number of aliphatic hydroxyl groups is 1. The number of rotatable bonds is 4. The van der Waals surface area contributed by atoms with Gasteiger partial charge in [0.05, 0.1) is 6.10 Å². The Bertz CT molecular complexity index is 316. The van der Waals surface area contributed by atoms with E-state index >= 15 is 0 Å². The summed E-state index contributed by atoms with van der Waals surface area (Å²) in [7, 11) is 0. The molecule has 17 heavy (non-hydrogen) atoms. The van der Waals surface area contributed by atoms with E-state index in [-0.39, 0.29) is 17.4 Å². The van der Waals surface area contributed by atoms with Crippen molar-refractivity contribution in [2.45, 2.75) is 39.3 Å². The second-order valence-corrected chi connectivity index (χ2v) is 5.35. The summed E-state index contributed by atoms with van der Waals surface area (Å²) in [4.78, 5) is 11.7. The number of hydrogen-bond donors (Lipinski definition) is 3. The Kier molecular flexibility index (Phi) is 4.75. The molecule has 0 fully saturated rings. The number of dihydropyridines is 1. The van der Waals surface area contributed by atoms with Crippen LogP contribution in [0.2, 0.25) is 0 Å². The lowest BCUT2D eigenvalue weighted by molar-refractivity contribution is -0.122. The van der Waals surface area contributed by atoms with Gasteiger partial charge in [0.25, 0.3) is 0 Å². The van der Waals surface area contributed by atoms with E-state index in [1.165, 1.54) is 0 Å². The number of allylic oxidation sites excluding steroid dienone is 2. The van der Waals surface area contributed by atoms with Crippen molar-refractivity contribution < 1.29 is 9.90 Å². The fraction of sp³-hybridized carbons (Fsp3) is 0.615. The molecule has 0 aromatic carbocycles. The molecular formula is C13H22N2O2. The lowest BCUT2D eigenvalue weighted by Gasteiger charge is -2.26. The van der Waals surface area contributed by atoms with Crippen molar-refractivity contribution in [3.8, 4) is 0 Å². The van der Waals surface area contributed by atoms with E-state index in [2.05, 4.69) is 10.6 Å². The fourth-order valence-corrected chi connectivity index (χ4v) is 1.48. The molecule has 0 bridgehead atoms. The summed E-state index contributed by atoms with van der Waals surface area (Å²) in [5.41, 5.74) is -0.142. The summed E-state index contributed by atoms with van der Waals surface area (Å²) in [5, 5.41) is 15.6. The Balaban J connectivity index is 2.25. The minimum atomic E-state index is -0.405. The first-order valence-corrected chi connectivity index (χ1v) is 5.96. The van der Waals surface area contributed by atoms with E-state index in [1.54, 1.807) is 12.3 Å². The molecule has 0 saturated heterocycles. The maximum atomic E-state index is 11.7. The van der Waals surface area contributed by atoms with Gasteiger partial charge >= 0.3 is 0 Å². The van der Waals surface area contributed by atoms with E-state index in [0.29, 0.717) is 13.0 Å². The van der Waals surface area contributed by atoms with Gasteiger partial charge in [-0.1, -0.05) is 32.9 Å². The van der Waals surface area contributed by atoms with Gasteiger partial charge in [-0.2, -0.15) is 0 Å². The molecule has 0 radical (unpaired) electrons. The third kappa shape index (κ3) is 4.61. The zero-order valence-electron chi connectivity index (χ0n) is 10.7. The second kappa shape index (κ2) is 5.87. The number of carbonyl (C=O) groups excluding carboxylic acids is 1. The third-order valence-corrected chi connectivity index (χ3v) is 2.79. The number of amides is 1. The van der Waals surface area contributed by atoms with Crippen LogP contribution in [0, 0.1) is 5.41 Å². The molecule has 96 valence electrons. The molecule has 0 aromatic heterocycles. The van der Waals surface area contributed by atoms with E-state index in [4.69, 9.17) is 0 Å². The van der Waals surface area contributed by atoms with Crippen LogP contribution in [0.3, 0.4) is 0 Å². The summed E-state index contributed by atoms with van der Waals surface area (Å²) < 4.78 is 0. The largest absolute Gasteiger partial charge is 0.393 e. The average Bonchev–Trinajstić information content (AvgIpc) is 2.28. The first kappa shape index (κ1) is 13.8. The van der Waals surface area contributed by atoms with Gasteiger partial charge in [-0.05, 0) is 24.1 Å². The number of aliphatic hydroxyl groups excluding tert-OH is 1. The van der Waals surface area contributed by atoms with Gasteiger partial charge in [0, 0.05) is 6.54 Å².